The van der Waals surface area contributed by atoms with E-state index in [-0.39, 0.29) is 16.9 Å². The Labute approximate surface area is 218 Å². The summed E-state index contributed by atoms with van der Waals surface area (Å²) in [4.78, 5) is 14.2. The second-order valence-corrected chi connectivity index (χ2v) is 11.2. The summed E-state index contributed by atoms with van der Waals surface area (Å²) >= 11 is 6.34. The van der Waals surface area contributed by atoms with Crippen molar-refractivity contribution < 1.29 is 19.7 Å². The average molecular weight is 510 g/mol. The number of aromatic carboxylic acids is 1. The Morgan fingerprint density at radius 2 is 2.14 bits per heavy atom. The number of carboxylic acid groups (broad SMARTS) is 1. The Bertz CT molecular complexity index is 1150. The summed E-state index contributed by atoms with van der Waals surface area (Å²) < 4.78 is 6.44. The molecule has 2 aliphatic carbocycles. The van der Waals surface area contributed by atoms with E-state index in [0.717, 1.165) is 74.5 Å². The number of halogens is 1. The van der Waals surface area contributed by atoms with Crippen LogP contribution in [0, 0.1) is 11.8 Å². The van der Waals surface area contributed by atoms with Gasteiger partial charge in [0.05, 0.1) is 24.0 Å². The minimum Gasteiger partial charge on any atom is -0.490 e. The van der Waals surface area contributed by atoms with Crippen molar-refractivity contribution in [2.45, 2.75) is 63.4 Å². The van der Waals surface area contributed by atoms with E-state index in [2.05, 4.69) is 30.0 Å². The lowest BCUT2D eigenvalue weighted by Crippen LogP contribution is -2.49. The first-order chi connectivity index (χ1) is 17.4. The molecule has 2 aromatic rings. The first-order valence-electron chi connectivity index (χ1n) is 13.3. The summed E-state index contributed by atoms with van der Waals surface area (Å²) in [7, 11) is 0. The number of allylic oxidation sites excluding steroid dienone is 1. The zero-order chi connectivity index (χ0) is 25.3. The van der Waals surface area contributed by atoms with Gasteiger partial charge in [-0.25, -0.2) is 4.79 Å². The SMILES string of the molecule is CCC/C=C/C(O)[C@@H]1CC[C@H]1CN1C[C@@]2(CCCc3cc(Cl)ccc32)COc2ccc(C(=O)O)cc21. The van der Waals surface area contributed by atoms with Gasteiger partial charge in [0.25, 0.3) is 0 Å². The van der Waals surface area contributed by atoms with Gasteiger partial charge < -0.3 is 19.8 Å². The van der Waals surface area contributed by atoms with Crippen molar-refractivity contribution in [3.05, 3.63) is 70.3 Å². The maximum Gasteiger partial charge on any atom is 0.335 e. The number of fused-ring (bicyclic) bond motifs is 3. The average Bonchev–Trinajstić information content (AvgIpc) is 2.99. The van der Waals surface area contributed by atoms with Crippen LogP contribution in [0.1, 0.15) is 66.9 Å². The fourth-order valence-corrected chi connectivity index (χ4v) is 6.54. The van der Waals surface area contributed by atoms with Crippen LogP contribution < -0.4 is 9.64 Å². The number of ether oxygens (including phenoxy) is 1. The van der Waals surface area contributed by atoms with E-state index in [1.54, 1.807) is 18.2 Å². The molecule has 2 aromatic carbocycles. The maximum absolute atomic E-state index is 11.8. The molecular weight excluding hydrogens is 474 g/mol. The molecule has 1 saturated carbocycles. The molecule has 1 aliphatic heterocycles. The van der Waals surface area contributed by atoms with Crippen molar-refractivity contribution in [2.75, 3.05) is 24.6 Å². The van der Waals surface area contributed by atoms with Gasteiger partial charge in [0.2, 0.25) is 0 Å². The first kappa shape index (κ1) is 25.2. The van der Waals surface area contributed by atoms with E-state index >= 15 is 0 Å². The number of hydrogen-bond donors (Lipinski definition) is 2. The third-order valence-electron chi connectivity index (χ3n) is 8.44. The molecule has 0 bridgehead atoms. The van der Waals surface area contributed by atoms with Gasteiger partial charge in [-0.2, -0.15) is 0 Å². The van der Waals surface area contributed by atoms with Gasteiger partial charge in [-0.15, -0.1) is 0 Å². The number of aliphatic hydroxyl groups excluding tert-OH is 1. The number of rotatable bonds is 7. The minimum atomic E-state index is -0.938. The zero-order valence-electron chi connectivity index (χ0n) is 21.0. The van der Waals surface area contributed by atoms with Crippen LogP contribution in [0.2, 0.25) is 5.02 Å². The van der Waals surface area contributed by atoms with E-state index in [1.165, 1.54) is 11.1 Å². The molecular formula is C30H36ClNO4. The molecule has 1 heterocycles. The van der Waals surface area contributed by atoms with Crippen LogP contribution in [0.5, 0.6) is 5.75 Å². The van der Waals surface area contributed by atoms with Gasteiger partial charge in [0.15, 0.2) is 0 Å². The van der Waals surface area contributed by atoms with Gasteiger partial charge in [-0.05, 0) is 91.8 Å². The van der Waals surface area contributed by atoms with Crippen LogP contribution in [0.15, 0.2) is 48.6 Å². The molecule has 2 N–H and O–H groups in total. The van der Waals surface area contributed by atoms with Crippen molar-refractivity contribution in [1.82, 2.24) is 0 Å². The monoisotopic (exact) mass is 509 g/mol. The van der Waals surface area contributed by atoms with E-state index < -0.39 is 12.1 Å². The lowest BCUT2D eigenvalue weighted by atomic mass is 9.68. The Balaban J connectivity index is 1.48. The highest BCUT2D eigenvalue weighted by atomic mass is 35.5. The highest BCUT2D eigenvalue weighted by Crippen LogP contribution is 2.46. The topological polar surface area (TPSA) is 70.0 Å². The smallest absolute Gasteiger partial charge is 0.335 e. The number of carboxylic acids is 1. The molecule has 192 valence electrons. The second-order valence-electron chi connectivity index (χ2n) is 10.8. The van der Waals surface area contributed by atoms with E-state index in [0.29, 0.717) is 12.5 Å². The summed E-state index contributed by atoms with van der Waals surface area (Å²) in [6.45, 7) is 4.21. The molecule has 1 spiro atoms. The molecule has 1 unspecified atom stereocenters. The number of aliphatic hydroxyl groups is 1. The molecule has 1 fully saturated rings. The minimum absolute atomic E-state index is 0.195. The van der Waals surface area contributed by atoms with Crippen LogP contribution in [0.25, 0.3) is 0 Å². The lowest BCUT2D eigenvalue weighted by molar-refractivity contribution is 0.0456. The van der Waals surface area contributed by atoms with Crippen LogP contribution in [-0.2, 0) is 11.8 Å². The van der Waals surface area contributed by atoms with Crippen LogP contribution in [0.4, 0.5) is 5.69 Å². The predicted octanol–water partition coefficient (Wildman–Crippen LogP) is 6.25. The summed E-state index contributed by atoms with van der Waals surface area (Å²) in [5.74, 6) is 0.363. The fourth-order valence-electron chi connectivity index (χ4n) is 6.35. The Hall–Kier alpha value is -2.50. The summed E-state index contributed by atoms with van der Waals surface area (Å²) in [6, 6.07) is 11.4. The second kappa shape index (κ2) is 10.5. The molecule has 5 rings (SSSR count). The van der Waals surface area contributed by atoms with Crippen molar-refractivity contribution in [3.8, 4) is 5.75 Å². The molecule has 4 atom stereocenters. The number of hydrogen-bond acceptors (Lipinski definition) is 4. The molecule has 0 amide bonds. The van der Waals surface area contributed by atoms with Crippen LogP contribution in [0.3, 0.4) is 0 Å². The third-order valence-corrected chi connectivity index (χ3v) is 8.68. The molecule has 0 saturated heterocycles. The standard InChI is InChI=1S/C30H36ClNO4/c1-2-3-4-7-27(33)24-11-8-22(24)17-32-18-30(14-5-6-20-15-23(31)10-12-25(20)30)19-36-28-13-9-21(29(34)35)16-26(28)32/h4,7,9-10,12-13,15-16,22,24,27,33H,2-3,5-6,8,11,14,17-19H2,1H3,(H,34,35)/b7-4+/t22-,24+,27?,30-/m0/s1. The number of nitrogens with zero attached hydrogens (tertiary/aromatic N) is 1. The Morgan fingerprint density at radius 1 is 1.28 bits per heavy atom. The van der Waals surface area contributed by atoms with Crippen molar-refractivity contribution >= 4 is 23.3 Å². The molecule has 36 heavy (non-hydrogen) atoms. The highest BCUT2D eigenvalue weighted by molar-refractivity contribution is 6.30. The van der Waals surface area contributed by atoms with E-state index in [1.807, 2.05) is 12.1 Å². The molecule has 3 aliphatic rings. The highest BCUT2D eigenvalue weighted by Gasteiger charge is 2.44. The summed E-state index contributed by atoms with van der Waals surface area (Å²) in [6.07, 6.45) is 10.8. The number of unbranched alkanes of at least 4 members (excludes halogenated alkanes) is 1. The van der Waals surface area contributed by atoms with Gasteiger partial charge in [0.1, 0.15) is 5.75 Å². The normalized spacial score (nSPS) is 26.0. The van der Waals surface area contributed by atoms with Crippen molar-refractivity contribution in [2.24, 2.45) is 11.8 Å². The van der Waals surface area contributed by atoms with Gasteiger partial charge in [0, 0.05) is 23.5 Å². The molecule has 0 aromatic heterocycles. The van der Waals surface area contributed by atoms with Gasteiger partial charge in [-0.1, -0.05) is 43.2 Å². The number of aryl methyl sites for hydroxylation is 1. The summed E-state index contributed by atoms with van der Waals surface area (Å²) in [5, 5.41) is 21.3. The predicted molar refractivity (Wildman–Crippen MR) is 143 cm³/mol. The fraction of sp³-hybridized carbons (Fsp3) is 0.500. The zero-order valence-corrected chi connectivity index (χ0v) is 21.7. The molecule has 0 radical (unpaired) electrons. The van der Waals surface area contributed by atoms with Gasteiger partial charge >= 0.3 is 5.97 Å². The lowest BCUT2D eigenvalue weighted by Gasteiger charge is -2.45. The number of benzene rings is 2. The summed E-state index contributed by atoms with van der Waals surface area (Å²) in [5.41, 5.74) is 3.49. The van der Waals surface area contributed by atoms with Gasteiger partial charge in [-0.3, -0.25) is 0 Å². The number of carbonyl (C=O) groups is 1. The maximum atomic E-state index is 11.8. The third kappa shape index (κ3) is 4.88. The number of anilines is 1. The Morgan fingerprint density at radius 3 is 2.89 bits per heavy atom. The van der Waals surface area contributed by atoms with Crippen LogP contribution in [-0.4, -0.2) is 42.0 Å². The van der Waals surface area contributed by atoms with Crippen molar-refractivity contribution in [1.29, 1.82) is 0 Å². The largest absolute Gasteiger partial charge is 0.490 e. The van der Waals surface area contributed by atoms with E-state index in [9.17, 15) is 15.0 Å². The van der Waals surface area contributed by atoms with Crippen molar-refractivity contribution in [3.63, 3.8) is 0 Å². The van der Waals surface area contributed by atoms with E-state index in [4.69, 9.17) is 16.3 Å². The quantitative estimate of drug-likeness (QED) is 0.431. The Kier molecular flexibility index (Phi) is 7.32. The van der Waals surface area contributed by atoms with Crippen LogP contribution >= 0.6 is 11.6 Å². The first-order valence-corrected chi connectivity index (χ1v) is 13.7. The molecule has 6 heteroatoms. The molecule has 5 nitrogen and oxygen atoms in total.